The molecule has 1 saturated heterocycles. The number of piperidine rings is 1. The lowest BCUT2D eigenvalue weighted by Crippen LogP contribution is -2.47. The number of nitro benzene ring substituents is 1. The third-order valence-corrected chi connectivity index (χ3v) is 6.63. The Bertz CT molecular complexity index is 770. The van der Waals surface area contributed by atoms with E-state index in [0.29, 0.717) is 37.1 Å². The average molecular weight is 369 g/mol. The molecule has 0 aromatic heterocycles. The molecule has 9 heteroatoms. The lowest BCUT2D eigenvalue weighted by Gasteiger charge is -2.36. The van der Waals surface area contributed by atoms with Crippen LogP contribution in [0.5, 0.6) is 0 Å². The quantitative estimate of drug-likeness (QED) is 0.582. The number of benzene rings is 1. The van der Waals surface area contributed by atoms with Crippen LogP contribution in [0.3, 0.4) is 0 Å². The van der Waals surface area contributed by atoms with Gasteiger partial charge in [0.15, 0.2) is 0 Å². The maximum absolute atomic E-state index is 12.7. The van der Waals surface area contributed by atoms with Gasteiger partial charge in [-0.2, -0.15) is 0 Å². The second-order valence-corrected chi connectivity index (χ2v) is 8.51. The predicted molar refractivity (Wildman–Crippen MR) is 94.0 cm³/mol. The summed E-state index contributed by atoms with van der Waals surface area (Å²) in [6, 6.07) is 4.10. The summed E-state index contributed by atoms with van der Waals surface area (Å²) in [6.45, 7) is 4.21. The van der Waals surface area contributed by atoms with Crippen molar-refractivity contribution in [2.75, 3.05) is 25.9 Å². The summed E-state index contributed by atoms with van der Waals surface area (Å²) in [7, 11) is -1.66. The Hall–Kier alpha value is -2.00. The van der Waals surface area contributed by atoms with Gasteiger partial charge in [0.25, 0.3) is 11.6 Å². The molecular weight excluding hydrogens is 346 g/mol. The van der Waals surface area contributed by atoms with E-state index >= 15 is 0 Å². The van der Waals surface area contributed by atoms with Gasteiger partial charge in [0.05, 0.1) is 10.7 Å². The van der Waals surface area contributed by atoms with Crippen molar-refractivity contribution in [3.63, 3.8) is 0 Å². The molecule has 25 heavy (non-hydrogen) atoms. The average Bonchev–Trinajstić information content (AvgIpc) is 2.60. The number of hydrogen-bond donors (Lipinski definition) is 0. The first-order chi connectivity index (χ1) is 11.7. The second-order valence-electron chi connectivity index (χ2n) is 6.20. The fraction of sp³-hybridized carbons (Fsp3) is 0.562. The zero-order valence-corrected chi connectivity index (χ0v) is 15.5. The molecule has 0 bridgehead atoms. The molecule has 1 amide bonds. The minimum atomic E-state index is -3.24. The highest BCUT2D eigenvalue weighted by molar-refractivity contribution is 7.89. The predicted octanol–water partition coefficient (Wildman–Crippen LogP) is 1.79. The third-order valence-electron chi connectivity index (χ3n) is 4.72. The maximum atomic E-state index is 12.7. The number of non-ortho nitro benzene ring substituents is 1. The third kappa shape index (κ3) is 4.16. The van der Waals surface area contributed by atoms with Crippen molar-refractivity contribution in [2.45, 2.75) is 32.7 Å². The van der Waals surface area contributed by atoms with Crippen LogP contribution in [0.4, 0.5) is 5.69 Å². The number of rotatable bonds is 5. The molecule has 138 valence electrons. The number of carbonyl (C=O) groups excluding carboxylic acids is 1. The minimum absolute atomic E-state index is 0.0424. The molecule has 1 aromatic rings. The molecule has 0 N–H and O–H groups in total. The van der Waals surface area contributed by atoms with Crippen molar-refractivity contribution in [1.82, 2.24) is 9.21 Å². The zero-order valence-electron chi connectivity index (χ0n) is 14.6. The van der Waals surface area contributed by atoms with Gasteiger partial charge in [-0.1, -0.05) is 0 Å². The van der Waals surface area contributed by atoms with Crippen LogP contribution in [0.2, 0.25) is 0 Å². The number of nitro groups is 1. The summed E-state index contributed by atoms with van der Waals surface area (Å²) in [6.07, 6.45) is 1.15. The van der Waals surface area contributed by atoms with Crippen LogP contribution in [-0.2, 0) is 10.0 Å². The van der Waals surface area contributed by atoms with Crippen molar-refractivity contribution in [3.8, 4) is 0 Å². The van der Waals surface area contributed by atoms with Crippen molar-refractivity contribution in [1.29, 1.82) is 0 Å². The van der Waals surface area contributed by atoms with Gasteiger partial charge in [-0.25, -0.2) is 12.7 Å². The number of hydrogen-bond acceptors (Lipinski definition) is 5. The lowest BCUT2D eigenvalue weighted by molar-refractivity contribution is -0.384. The number of likely N-dealkylation sites (tertiary alicyclic amines) is 1. The van der Waals surface area contributed by atoms with Gasteiger partial charge in [0.2, 0.25) is 10.0 Å². The highest BCUT2D eigenvalue weighted by atomic mass is 32.2. The molecule has 8 nitrogen and oxygen atoms in total. The summed E-state index contributed by atoms with van der Waals surface area (Å²) >= 11 is 0. The smallest absolute Gasteiger partial charge is 0.269 e. The molecule has 2 rings (SSSR count). The molecule has 1 aromatic carbocycles. The largest absolute Gasteiger partial charge is 0.339 e. The van der Waals surface area contributed by atoms with Gasteiger partial charge < -0.3 is 4.90 Å². The Labute approximate surface area is 147 Å². The first kappa shape index (κ1) is 19.3. The lowest BCUT2D eigenvalue weighted by atomic mass is 10.0. The fourth-order valence-electron chi connectivity index (χ4n) is 3.04. The molecule has 0 radical (unpaired) electrons. The molecular formula is C16H23N3O5S. The molecule has 0 saturated carbocycles. The normalized spacial score (nSPS) is 16.2. The first-order valence-corrected chi connectivity index (χ1v) is 9.78. The number of carbonyl (C=O) groups is 1. The topological polar surface area (TPSA) is 101 Å². The van der Waals surface area contributed by atoms with E-state index in [4.69, 9.17) is 0 Å². The highest BCUT2D eigenvalue weighted by Crippen LogP contribution is 2.23. The number of aryl methyl sites for hydroxylation is 1. The van der Waals surface area contributed by atoms with E-state index in [-0.39, 0.29) is 23.4 Å². The molecule has 0 spiro atoms. The van der Waals surface area contributed by atoms with Crippen LogP contribution in [0, 0.1) is 17.0 Å². The van der Waals surface area contributed by atoms with Gasteiger partial charge in [0.1, 0.15) is 0 Å². The Kier molecular flexibility index (Phi) is 5.79. The van der Waals surface area contributed by atoms with Gasteiger partial charge in [-0.05, 0) is 38.3 Å². The highest BCUT2D eigenvalue weighted by Gasteiger charge is 2.31. The van der Waals surface area contributed by atoms with Crippen LogP contribution in [-0.4, -0.2) is 60.4 Å². The fourth-order valence-corrected chi connectivity index (χ4v) is 4.11. The van der Waals surface area contributed by atoms with Gasteiger partial charge in [-0.3, -0.25) is 14.9 Å². The van der Waals surface area contributed by atoms with Crippen LogP contribution in [0.25, 0.3) is 0 Å². The monoisotopic (exact) mass is 369 g/mol. The summed E-state index contributed by atoms with van der Waals surface area (Å²) < 4.78 is 25.3. The summed E-state index contributed by atoms with van der Waals surface area (Å²) in [4.78, 5) is 24.6. The first-order valence-electron chi connectivity index (χ1n) is 8.17. The van der Waals surface area contributed by atoms with Gasteiger partial charge in [0, 0.05) is 43.9 Å². The zero-order chi connectivity index (χ0) is 18.8. The van der Waals surface area contributed by atoms with Crippen molar-refractivity contribution >= 4 is 21.6 Å². The summed E-state index contributed by atoms with van der Waals surface area (Å²) in [5, 5.41) is 10.8. The standard InChI is InChI=1S/C16H23N3O5S/c1-4-25(23,24)17(3)13-7-9-18(10-8-13)16(20)15-6-5-14(19(21)22)11-12(15)2/h5-6,11,13H,4,7-10H2,1-3H3. The van der Waals surface area contributed by atoms with Crippen molar-refractivity contribution in [2.24, 2.45) is 0 Å². The summed E-state index contributed by atoms with van der Waals surface area (Å²) in [5.74, 6) is -0.114. The maximum Gasteiger partial charge on any atom is 0.269 e. The van der Waals surface area contributed by atoms with Crippen LogP contribution in [0.15, 0.2) is 18.2 Å². The van der Waals surface area contributed by atoms with Crippen LogP contribution >= 0.6 is 0 Å². The van der Waals surface area contributed by atoms with E-state index in [1.54, 1.807) is 25.8 Å². The number of amides is 1. The Morgan fingerprint density at radius 2 is 1.96 bits per heavy atom. The van der Waals surface area contributed by atoms with E-state index in [0.717, 1.165) is 0 Å². The summed E-state index contributed by atoms with van der Waals surface area (Å²) in [5.41, 5.74) is 0.963. The Morgan fingerprint density at radius 3 is 2.44 bits per heavy atom. The minimum Gasteiger partial charge on any atom is -0.339 e. The van der Waals surface area contributed by atoms with E-state index in [9.17, 15) is 23.3 Å². The molecule has 1 aliphatic heterocycles. The van der Waals surface area contributed by atoms with Gasteiger partial charge in [-0.15, -0.1) is 0 Å². The van der Waals surface area contributed by atoms with E-state index in [1.807, 2.05) is 0 Å². The Morgan fingerprint density at radius 1 is 1.36 bits per heavy atom. The molecule has 0 atom stereocenters. The van der Waals surface area contributed by atoms with E-state index in [1.165, 1.54) is 22.5 Å². The van der Waals surface area contributed by atoms with Crippen LogP contribution in [0.1, 0.15) is 35.7 Å². The van der Waals surface area contributed by atoms with Crippen LogP contribution < -0.4 is 0 Å². The SMILES string of the molecule is CCS(=O)(=O)N(C)C1CCN(C(=O)c2ccc([N+](=O)[O-])cc2C)CC1. The Balaban J connectivity index is 2.06. The van der Waals surface area contributed by atoms with E-state index in [2.05, 4.69) is 0 Å². The van der Waals surface area contributed by atoms with Crippen molar-refractivity contribution in [3.05, 3.63) is 39.4 Å². The number of nitrogens with zero attached hydrogens (tertiary/aromatic N) is 3. The van der Waals surface area contributed by atoms with Crippen molar-refractivity contribution < 1.29 is 18.1 Å². The number of sulfonamides is 1. The molecule has 1 fully saturated rings. The van der Waals surface area contributed by atoms with E-state index < -0.39 is 14.9 Å². The molecule has 0 aliphatic carbocycles. The molecule has 1 heterocycles. The second kappa shape index (κ2) is 7.49. The molecule has 0 unspecified atom stereocenters. The molecule has 1 aliphatic rings. The van der Waals surface area contributed by atoms with Gasteiger partial charge >= 0.3 is 0 Å².